The Hall–Kier alpha value is -0.970. The number of aryl methyl sites for hydroxylation is 1. The number of halogens is 2. The average Bonchev–Trinajstić information content (AvgIpc) is 2.73. The quantitative estimate of drug-likeness (QED) is 0.808. The standard InChI is InChI=1S/C12H19F2N3/c1-10-8-15-17(9-10)7-6-16-4-2-11(3-5-16)12(13)14/h8-9,11-12H,2-7H2,1H3. The lowest BCUT2D eigenvalue weighted by atomic mass is 9.97. The van der Waals surface area contributed by atoms with E-state index in [1.165, 1.54) is 0 Å². The molecule has 1 aliphatic rings. The zero-order valence-corrected chi connectivity index (χ0v) is 10.1. The van der Waals surface area contributed by atoms with Crippen molar-refractivity contribution in [2.45, 2.75) is 32.7 Å². The van der Waals surface area contributed by atoms with Gasteiger partial charge < -0.3 is 4.90 Å². The Morgan fingerprint density at radius 3 is 2.59 bits per heavy atom. The van der Waals surface area contributed by atoms with E-state index in [1.807, 2.05) is 24.0 Å². The van der Waals surface area contributed by atoms with Gasteiger partial charge >= 0.3 is 0 Å². The van der Waals surface area contributed by atoms with Crippen molar-refractivity contribution in [1.82, 2.24) is 14.7 Å². The highest BCUT2D eigenvalue weighted by Gasteiger charge is 2.25. The van der Waals surface area contributed by atoms with E-state index >= 15 is 0 Å². The summed E-state index contributed by atoms with van der Waals surface area (Å²) in [5.41, 5.74) is 1.15. The number of piperidine rings is 1. The minimum absolute atomic E-state index is 0.391. The molecule has 0 unspecified atom stereocenters. The number of hydrogen-bond donors (Lipinski definition) is 0. The zero-order valence-electron chi connectivity index (χ0n) is 10.1. The van der Waals surface area contributed by atoms with Crippen LogP contribution in [0.2, 0.25) is 0 Å². The first-order valence-electron chi connectivity index (χ1n) is 6.14. The first kappa shape index (κ1) is 12.5. The highest BCUT2D eigenvalue weighted by atomic mass is 19.3. The Kier molecular flexibility index (Phi) is 4.10. The molecule has 17 heavy (non-hydrogen) atoms. The number of hydrogen-bond acceptors (Lipinski definition) is 2. The second-order valence-corrected chi connectivity index (χ2v) is 4.79. The fourth-order valence-corrected chi connectivity index (χ4v) is 2.26. The van der Waals surface area contributed by atoms with Gasteiger partial charge in [0, 0.05) is 18.7 Å². The van der Waals surface area contributed by atoms with Crippen molar-refractivity contribution in [3.63, 3.8) is 0 Å². The van der Waals surface area contributed by atoms with Crippen LogP contribution in [0.3, 0.4) is 0 Å². The van der Waals surface area contributed by atoms with Crippen molar-refractivity contribution in [1.29, 1.82) is 0 Å². The molecule has 5 heteroatoms. The second-order valence-electron chi connectivity index (χ2n) is 4.79. The molecule has 2 rings (SSSR count). The third kappa shape index (κ3) is 3.49. The lowest BCUT2D eigenvalue weighted by Crippen LogP contribution is -2.37. The summed E-state index contributed by atoms with van der Waals surface area (Å²) in [4.78, 5) is 2.25. The third-order valence-electron chi connectivity index (χ3n) is 3.40. The lowest BCUT2D eigenvalue weighted by molar-refractivity contribution is 0.0344. The van der Waals surface area contributed by atoms with Gasteiger partial charge in [-0.05, 0) is 38.4 Å². The van der Waals surface area contributed by atoms with Gasteiger partial charge in [0.2, 0.25) is 6.43 Å². The molecule has 1 fully saturated rings. The molecule has 1 aromatic heterocycles. The van der Waals surface area contributed by atoms with Crippen LogP contribution in [0, 0.1) is 12.8 Å². The summed E-state index contributed by atoms with van der Waals surface area (Å²) in [6.07, 6.45) is 2.94. The fraction of sp³-hybridized carbons (Fsp3) is 0.750. The van der Waals surface area contributed by atoms with E-state index in [0.717, 1.165) is 31.7 Å². The lowest BCUT2D eigenvalue weighted by Gasteiger charge is -2.31. The molecule has 1 saturated heterocycles. The summed E-state index contributed by atoms with van der Waals surface area (Å²) in [6.45, 7) is 5.33. The average molecular weight is 243 g/mol. The van der Waals surface area contributed by atoms with Crippen molar-refractivity contribution >= 4 is 0 Å². The van der Waals surface area contributed by atoms with Gasteiger partial charge in [-0.25, -0.2) is 8.78 Å². The van der Waals surface area contributed by atoms with Crippen molar-refractivity contribution in [3.05, 3.63) is 18.0 Å². The SMILES string of the molecule is Cc1cnn(CCN2CCC(C(F)F)CC2)c1. The summed E-state index contributed by atoms with van der Waals surface area (Å²) >= 11 is 0. The molecule has 0 saturated carbocycles. The molecule has 0 bridgehead atoms. The normalized spacial score (nSPS) is 19.1. The van der Waals surface area contributed by atoms with E-state index in [-0.39, 0.29) is 0 Å². The van der Waals surface area contributed by atoms with Gasteiger partial charge in [0.25, 0.3) is 0 Å². The highest BCUT2D eigenvalue weighted by molar-refractivity contribution is 4.99. The Labute approximate surface area is 100 Å². The molecule has 0 aliphatic carbocycles. The van der Waals surface area contributed by atoms with Crippen molar-refractivity contribution in [3.8, 4) is 0 Å². The zero-order chi connectivity index (χ0) is 12.3. The van der Waals surface area contributed by atoms with Crippen LogP contribution in [-0.4, -0.2) is 40.7 Å². The largest absolute Gasteiger partial charge is 0.301 e. The Bertz CT molecular complexity index is 343. The number of nitrogens with zero attached hydrogens (tertiary/aromatic N) is 3. The molecular formula is C12H19F2N3. The van der Waals surface area contributed by atoms with Gasteiger partial charge in [-0.1, -0.05) is 0 Å². The van der Waals surface area contributed by atoms with Crippen LogP contribution in [0.15, 0.2) is 12.4 Å². The predicted octanol–water partition coefficient (Wildman–Crippen LogP) is 2.17. The van der Waals surface area contributed by atoms with E-state index in [1.54, 1.807) is 0 Å². The van der Waals surface area contributed by atoms with E-state index < -0.39 is 12.3 Å². The molecule has 0 radical (unpaired) electrons. The maximum atomic E-state index is 12.5. The van der Waals surface area contributed by atoms with Gasteiger partial charge in [-0.2, -0.15) is 5.10 Å². The highest BCUT2D eigenvalue weighted by Crippen LogP contribution is 2.23. The Morgan fingerprint density at radius 1 is 1.35 bits per heavy atom. The van der Waals surface area contributed by atoms with Gasteiger partial charge in [0.05, 0.1) is 12.7 Å². The van der Waals surface area contributed by atoms with Crippen LogP contribution in [0.5, 0.6) is 0 Å². The molecule has 1 aliphatic heterocycles. The van der Waals surface area contributed by atoms with Gasteiger partial charge in [-0.3, -0.25) is 4.68 Å². The predicted molar refractivity (Wildman–Crippen MR) is 62.1 cm³/mol. The number of likely N-dealkylation sites (tertiary alicyclic amines) is 1. The topological polar surface area (TPSA) is 21.1 Å². The molecule has 0 aromatic carbocycles. The van der Waals surface area contributed by atoms with Crippen LogP contribution < -0.4 is 0 Å². The van der Waals surface area contributed by atoms with Crippen molar-refractivity contribution in [2.24, 2.45) is 5.92 Å². The maximum absolute atomic E-state index is 12.5. The molecule has 0 amide bonds. The van der Waals surface area contributed by atoms with Crippen molar-refractivity contribution in [2.75, 3.05) is 19.6 Å². The molecule has 0 spiro atoms. The van der Waals surface area contributed by atoms with Crippen LogP contribution >= 0.6 is 0 Å². The van der Waals surface area contributed by atoms with E-state index in [4.69, 9.17) is 0 Å². The van der Waals surface area contributed by atoms with E-state index in [9.17, 15) is 8.78 Å². The monoisotopic (exact) mass is 243 g/mol. The first-order valence-corrected chi connectivity index (χ1v) is 6.14. The molecule has 0 atom stereocenters. The van der Waals surface area contributed by atoms with Gasteiger partial charge in [0.15, 0.2) is 0 Å². The minimum atomic E-state index is -2.15. The second kappa shape index (κ2) is 5.58. The summed E-state index contributed by atoms with van der Waals surface area (Å²) in [6, 6.07) is 0. The number of rotatable bonds is 4. The Balaban J connectivity index is 1.71. The number of alkyl halides is 2. The summed E-state index contributed by atoms with van der Waals surface area (Å²) < 4.78 is 26.8. The number of aromatic nitrogens is 2. The smallest absolute Gasteiger partial charge is 0.241 e. The maximum Gasteiger partial charge on any atom is 0.241 e. The van der Waals surface area contributed by atoms with Crippen molar-refractivity contribution < 1.29 is 8.78 Å². The van der Waals surface area contributed by atoms with Gasteiger partial charge in [0.1, 0.15) is 0 Å². The van der Waals surface area contributed by atoms with Crippen LogP contribution in [-0.2, 0) is 6.54 Å². The Morgan fingerprint density at radius 2 is 2.06 bits per heavy atom. The summed E-state index contributed by atoms with van der Waals surface area (Å²) in [7, 11) is 0. The molecule has 2 heterocycles. The molecule has 3 nitrogen and oxygen atoms in total. The van der Waals surface area contributed by atoms with Gasteiger partial charge in [-0.15, -0.1) is 0 Å². The molecule has 0 N–H and O–H groups in total. The van der Waals surface area contributed by atoms with E-state index in [2.05, 4.69) is 10.00 Å². The summed E-state index contributed by atoms with van der Waals surface area (Å²) in [5, 5.41) is 4.21. The third-order valence-corrected chi connectivity index (χ3v) is 3.40. The molecule has 96 valence electrons. The summed E-state index contributed by atoms with van der Waals surface area (Å²) in [5.74, 6) is -0.391. The minimum Gasteiger partial charge on any atom is -0.301 e. The first-order chi connectivity index (χ1) is 8.15. The fourth-order valence-electron chi connectivity index (χ4n) is 2.26. The van der Waals surface area contributed by atoms with Crippen LogP contribution in [0.4, 0.5) is 8.78 Å². The van der Waals surface area contributed by atoms with E-state index in [0.29, 0.717) is 12.8 Å². The van der Waals surface area contributed by atoms with Crippen LogP contribution in [0.1, 0.15) is 18.4 Å². The molecular weight excluding hydrogens is 224 g/mol. The van der Waals surface area contributed by atoms with Crippen LogP contribution in [0.25, 0.3) is 0 Å². The molecule has 1 aromatic rings.